The molecule has 1 atom stereocenters. The van der Waals surface area contributed by atoms with Crippen LogP contribution in [-0.2, 0) is 4.79 Å². The van der Waals surface area contributed by atoms with Crippen LogP contribution in [0.4, 0.5) is 10.9 Å². The van der Waals surface area contributed by atoms with Crippen molar-refractivity contribution in [3.63, 3.8) is 0 Å². The second-order valence-corrected chi connectivity index (χ2v) is 8.28. The molecule has 2 N–H and O–H groups in total. The third kappa shape index (κ3) is 4.75. The van der Waals surface area contributed by atoms with Crippen LogP contribution in [0.5, 0.6) is 0 Å². The lowest BCUT2D eigenvalue weighted by Crippen LogP contribution is -2.50. The number of nitriles is 1. The number of nitrogens with one attached hydrogen (secondary N) is 2. The fourth-order valence-electron chi connectivity index (χ4n) is 3.80. The number of hydrogen-bond acceptors (Lipinski definition) is 8. The zero-order chi connectivity index (χ0) is 20.9. The van der Waals surface area contributed by atoms with Gasteiger partial charge in [-0.3, -0.25) is 14.5 Å². The number of hydrogen-bond donors (Lipinski definition) is 2. The fourth-order valence-corrected chi connectivity index (χ4v) is 4.49. The van der Waals surface area contributed by atoms with Crippen molar-refractivity contribution in [2.75, 3.05) is 44.6 Å². The number of anilines is 2. The molecule has 0 saturated carbocycles. The van der Waals surface area contributed by atoms with Crippen molar-refractivity contribution < 1.29 is 9.59 Å². The number of piperazine rings is 1. The summed E-state index contributed by atoms with van der Waals surface area (Å²) >= 11 is 1.33. The predicted molar refractivity (Wildman–Crippen MR) is 113 cm³/mol. The van der Waals surface area contributed by atoms with Gasteiger partial charge in [-0.15, -0.1) is 11.3 Å². The lowest BCUT2D eigenvalue weighted by Gasteiger charge is -2.30. The standard InChI is InChI=1S/C20H23N7O2S/c21-6-9-26-8-2-3-14(11-26)15-4-1-5-17(23-15)25-20-24-16(13-30-20)19(29)27-10-7-22-18(28)12-27/h1,4-5,13-14H,2-3,7-12H2,(H,22,28)(H,23,24,25). The normalized spacial score (nSPS) is 19.8. The molecule has 2 aromatic rings. The van der Waals surface area contributed by atoms with Crippen LogP contribution in [0.3, 0.4) is 0 Å². The van der Waals surface area contributed by atoms with Gasteiger partial charge in [-0.05, 0) is 31.5 Å². The van der Waals surface area contributed by atoms with Crippen LogP contribution >= 0.6 is 11.3 Å². The van der Waals surface area contributed by atoms with Crippen molar-refractivity contribution in [2.24, 2.45) is 0 Å². The molecule has 2 aliphatic rings. The van der Waals surface area contributed by atoms with E-state index in [-0.39, 0.29) is 18.4 Å². The summed E-state index contributed by atoms with van der Waals surface area (Å²) in [4.78, 5) is 36.9. The molecular weight excluding hydrogens is 402 g/mol. The fraction of sp³-hybridized carbons (Fsp3) is 0.450. The van der Waals surface area contributed by atoms with Crippen LogP contribution in [0.2, 0.25) is 0 Å². The van der Waals surface area contributed by atoms with Gasteiger partial charge >= 0.3 is 0 Å². The molecule has 2 saturated heterocycles. The van der Waals surface area contributed by atoms with Gasteiger partial charge in [0.1, 0.15) is 11.5 Å². The molecule has 4 rings (SSSR count). The highest BCUT2D eigenvalue weighted by atomic mass is 32.1. The van der Waals surface area contributed by atoms with Crippen LogP contribution in [0.1, 0.15) is 34.9 Å². The number of carbonyl (C=O) groups excluding carboxylic acids is 2. The maximum atomic E-state index is 12.6. The van der Waals surface area contributed by atoms with E-state index in [0.717, 1.165) is 31.6 Å². The molecule has 2 fully saturated rings. The first-order valence-electron chi connectivity index (χ1n) is 9.97. The van der Waals surface area contributed by atoms with Gasteiger partial charge in [-0.25, -0.2) is 9.97 Å². The molecule has 0 radical (unpaired) electrons. The van der Waals surface area contributed by atoms with E-state index in [2.05, 4.69) is 26.6 Å². The van der Waals surface area contributed by atoms with E-state index in [0.29, 0.717) is 42.2 Å². The number of aromatic nitrogens is 2. The summed E-state index contributed by atoms with van der Waals surface area (Å²) in [6.45, 7) is 3.25. The molecule has 10 heteroatoms. The molecule has 2 amide bonds. The van der Waals surface area contributed by atoms with Gasteiger partial charge in [0.05, 0.1) is 19.2 Å². The van der Waals surface area contributed by atoms with Crippen LogP contribution < -0.4 is 10.6 Å². The Kier molecular flexibility index (Phi) is 6.21. The van der Waals surface area contributed by atoms with Crippen LogP contribution in [0, 0.1) is 11.3 Å². The number of rotatable bonds is 5. The Balaban J connectivity index is 1.42. The quantitative estimate of drug-likeness (QED) is 0.699. The summed E-state index contributed by atoms with van der Waals surface area (Å²) in [5.74, 6) is 0.582. The monoisotopic (exact) mass is 425 g/mol. The molecule has 0 bridgehead atoms. The molecule has 9 nitrogen and oxygen atoms in total. The van der Waals surface area contributed by atoms with Gasteiger partial charge in [0, 0.05) is 36.6 Å². The Morgan fingerprint density at radius 3 is 3.10 bits per heavy atom. The second kappa shape index (κ2) is 9.19. The molecule has 4 heterocycles. The van der Waals surface area contributed by atoms with Gasteiger partial charge in [0.15, 0.2) is 5.13 Å². The van der Waals surface area contributed by atoms with Gasteiger partial charge in [0.25, 0.3) is 5.91 Å². The molecular formula is C20H23N7O2S. The summed E-state index contributed by atoms with van der Waals surface area (Å²) in [5, 5.41) is 17.1. The van der Waals surface area contributed by atoms with Gasteiger partial charge in [-0.2, -0.15) is 5.26 Å². The molecule has 30 heavy (non-hydrogen) atoms. The van der Waals surface area contributed by atoms with Crippen LogP contribution in [0.25, 0.3) is 0 Å². The Hall–Kier alpha value is -3.03. The van der Waals surface area contributed by atoms with Gasteiger partial charge in [-0.1, -0.05) is 6.07 Å². The van der Waals surface area contributed by atoms with E-state index < -0.39 is 0 Å². The molecule has 1 unspecified atom stereocenters. The van der Waals surface area contributed by atoms with Crippen molar-refractivity contribution in [3.8, 4) is 6.07 Å². The van der Waals surface area contributed by atoms with Gasteiger partial charge in [0.2, 0.25) is 5.91 Å². The number of pyridine rings is 1. The SMILES string of the molecule is N#CCN1CCCC(c2cccc(Nc3nc(C(=O)N4CCNC(=O)C4)cs3)n2)C1. The molecule has 156 valence electrons. The first kappa shape index (κ1) is 20.3. The van der Waals surface area contributed by atoms with Crippen molar-refractivity contribution in [1.29, 1.82) is 5.26 Å². The molecule has 2 aliphatic heterocycles. The number of carbonyl (C=O) groups is 2. The Bertz CT molecular complexity index is 970. The minimum atomic E-state index is -0.240. The Labute approximate surface area is 178 Å². The number of likely N-dealkylation sites (tertiary alicyclic amines) is 1. The van der Waals surface area contributed by atoms with Crippen LogP contribution in [0.15, 0.2) is 23.6 Å². The molecule has 0 aliphatic carbocycles. The average Bonchev–Trinajstić information content (AvgIpc) is 3.22. The van der Waals surface area contributed by atoms with E-state index in [1.165, 1.54) is 16.2 Å². The summed E-state index contributed by atoms with van der Waals surface area (Å²) in [7, 11) is 0. The number of nitrogens with zero attached hydrogens (tertiary/aromatic N) is 5. The van der Waals surface area contributed by atoms with E-state index in [9.17, 15) is 9.59 Å². The minimum absolute atomic E-state index is 0.0624. The summed E-state index contributed by atoms with van der Waals surface area (Å²) in [5.41, 5.74) is 1.32. The summed E-state index contributed by atoms with van der Waals surface area (Å²) < 4.78 is 0. The average molecular weight is 426 g/mol. The first-order valence-corrected chi connectivity index (χ1v) is 10.8. The number of thiazole rings is 1. The summed E-state index contributed by atoms with van der Waals surface area (Å²) in [6.07, 6.45) is 2.11. The Morgan fingerprint density at radius 2 is 2.27 bits per heavy atom. The van der Waals surface area contributed by atoms with E-state index in [4.69, 9.17) is 10.2 Å². The largest absolute Gasteiger partial charge is 0.353 e. The van der Waals surface area contributed by atoms with Gasteiger partial charge < -0.3 is 15.5 Å². The van der Waals surface area contributed by atoms with E-state index in [1.807, 2.05) is 18.2 Å². The van der Waals surface area contributed by atoms with Crippen molar-refractivity contribution in [3.05, 3.63) is 35.0 Å². The third-order valence-electron chi connectivity index (χ3n) is 5.27. The molecule has 2 aromatic heterocycles. The second-order valence-electron chi connectivity index (χ2n) is 7.42. The topological polar surface area (TPSA) is 114 Å². The lowest BCUT2D eigenvalue weighted by atomic mass is 9.94. The molecule has 0 spiro atoms. The first-order chi connectivity index (χ1) is 14.6. The highest BCUT2D eigenvalue weighted by molar-refractivity contribution is 7.14. The molecule has 0 aromatic carbocycles. The van der Waals surface area contributed by atoms with Crippen LogP contribution in [-0.4, -0.2) is 70.9 Å². The zero-order valence-electron chi connectivity index (χ0n) is 16.5. The van der Waals surface area contributed by atoms with Crippen molar-refractivity contribution in [1.82, 2.24) is 25.1 Å². The smallest absolute Gasteiger partial charge is 0.273 e. The van der Waals surface area contributed by atoms with Crippen molar-refractivity contribution >= 4 is 34.1 Å². The zero-order valence-corrected chi connectivity index (χ0v) is 17.3. The van der Waals surface area contributed by atoms with Crippen molar-refractivity contribution in [2.45, 2.75) is 18.8 Å². The maximum absolute atomic E-state index is 12.6. The van der Waals surface area contributed by atoms with E-state index in [1.54, 1.807) is 5.38 Å². The lowest BCUT2D eigenvalue weighted by molar-refractivity contribution is -0.123. The highest BCUT2D eigenvalue weighted by Crippen LogP contribution is 2.27. The minimum Gasteiger partial charge on any atom is -0.353 e. The predicted octanol–water partition coefficient (Wildman–Crippen LogP) is 1.56. The van der Waals surface area contributed by atoms with E-state index >= 15 is 0 Å². The summed E-state index contributed by atoms with van der Waals surface area (Å²) in [6, 6.07) is 8.07. The third-order valence-corrected chi connectivity index (χ3v) is 6.03. The Morgan fingerprint density at radius 1 is 1.37 bits per heavy atom. The number of piperidine rings is 1. The maximum Gasteiger partial charge on any atom is 0.273 e. The highest BCUT2D eigenvalue weighted by Gasteiger charge is 2.25. The number of amides is 2.